The van der Waals surface area contributed by atoms with Gasteiger partial charge in [0.1, 0.15) is 5.76 Å². The normalized spacial score (nSPS) is 17.4. The van der Waals surface area contributed by atoms with Gasteiger partial charge in [-0.3, -0.25) is 4.98 Å². The van der Waals surface area contributed by atoms with Crippen molar-refractivity contribution in [3.63, 3.8) is 0 Å². The van der Waals surface area contributed by atoms with Crippen LogP contribution in [-0.2, 0) is 0 Å². The zero-order valence-corrected chi connectivity index (χ0v) is 9.40. The Bertz CT molecular complexity index is 602. The average molecular weight is 211 g/mol. The van der Waals surface area contributed by atoms with Crippen molar-refractivity contribution in [3.8, 4) is 0 Å². The van der Waals surface area contributed by atoms with Crippen LogP contribution in [0.5, 0.6) is 0 Å². The van der Waals surface area contributed by atoms with Crippen LogP contribution in [0.4, 0.5) is 0 Å². The predicted octanol–water partition coefficient (Wildman–Crippen LogP) is 3.89. The highest BCUT2D eigenvalue weighted by Gasteiger charge is 2.16. The molecule has 2 heterocycles. The summed E-state index contributed by atoms with van der Waals surface area (Å²) in [6.07, 6.45) is 12.1. The highest BCUT2D eigenvalue weighted by atomic mass is 16.3. The number of pyridine rings is 1. The molecule has 0 aliphatic heterocycles. The molecule has 0 atom stereocenters. The molecule has 2 aromatic rings. The lowest BCUT2D eigenvalue weighted by molar-refractivity contribution is 0.598. The zero-order chi connectivity index (χ0) is 11.2. The molecule has 0 bridgehead atoms. The molecule has 0 N–H and O–H groups in total. The minimum absolute atomic E-state index is 0.0842. The SMILES string of the molecule is CC1(C)C=Cc2oc3cnccc3c2C=C1. The van der Waals surface area contributed by atoms with E-state index in [1.54, 1.807) is 12.4 Å². The molecule has 0 amide bonds. The fourth-order valence-corrected chi connectivity index (χ4v) is 1.93. The molecule has 0 saturated carbocycles. The molecule has 80 valence electrons. The molecule has 0 radical (unpaired) electrons. The first-order valence-corrected chi connectivity index (χ1v) is 5.41. The molecule has 0 aromatic carbocycles. The molecule has 3 rings (SSSR count). The van der Waals surface area contributed by atoms with Crippen LogP contribution in [0.2, 0.25) is 0 Å². The minimum Gasteiger partial charge on any atom is -0.454 e. The van der Waals surface area contributed by atoms with E-state index in [9.17, 15) is 0 Å². The van der Waals surface area contributed by atoms with E-state index in [1.165, 1.54) is 0 Å². The second kappa shape index (κ2) is 3.08. The van der Waals surface area contributed by atoms with Crippen LogP contribution in [-0.4, -0.2) is 4.98 Å². The molecule has 2 nitrogen and oxygen atoms in total. The summed E-state index contributed by atoms with van der Waals surface area (Å²) in [7, 11) is 0. The molecule has 2 aromatic heterocycles. The van der Waals surface area contributed by atoms with Gasteiger partial charge in [0.05, 0.1) is 6.20 Å². The number of hydrogen-bond donors (Lipinski definition) is 0. The Morgan fingerprint density at radius 2 is 2.00 bits per heavy atom. The Hall–Kier alpha value is -1.83. The Balaban J connectivity index is 2.30. The third kappa shape index (κ3) is 1.38. The largest absolute Gasteiger partial charge is 0.454 e. The van der Waals surface area contributed by atoms with Gasteiger partial charge in [0.15, 0.2) is 5.58 Å². The molecule has 1 aliphatic carbocycles. The van der Waals surface area contributed by atoms with Gasteiger partial charge in [-0.2, -0.15) is 0 Å². The first-order valence-electron chi connectivity index (χ1n) is 5.41. The third-order valence-corrected chi connectivity index (χ3v) is 2.90. The van der Waals surface area contributed by atoms with E-state index in [0.29, 0.717) is 0 Å². The summed E-state index contributed by atoms with van der Waals surface area (Å²) in [5, 5.41) is 1.13. The molecule has 2 heteroatoms. The smallest absolute Gasteiger partial charge is 0.153 e. The zero-order valence-electron chi connectivity index (χ0n) is 9.40. The Morgan fingerprint density at radius 1 is 1.19 bits per heavy atom. The molecule has 0 unspecified atom stereocenters. The first-order chi connectivity index (χ1) is 7.66. The number of rotatable bonds is 0. The first kappa shape index (κ1) is 9.40. The highest BCUT2D eigenvalue weighted by molar-refractivity contribution is 5.91. The standard InChI is InChI=1S/C14H13NO/c1-14(2)6-3-10-11-5-8-15-9-13(11)16-12(10)4-7-14/h3-9H,1-2H3. The van der Waals surface area contributed by atoms with Crippen LogP contribution in [0.3, 0.4) is 0 Å². The molecule has 0 saturated heterocycles. The van der Waals surface area contributed by atoms with Crippen molar-refractivity contribution in [2.24, 2.45) is 5.41 Å². The van der Waals surface area contributed by atoms with Crippen molar-refractivity contribution in [1.29, 1.82) is 0 Å². The van der Waals surface area contributed by atoms with E-state index in [-0.39, 0.29) is 5.41 Å². The van der Waals surface area contributed by atoms with Gasteiger partial charge < -0.3 is 4.42 Å². The molecular formula is C14H13NO. The molecule has 16 heavy (non-hydrogen) atoms. The van der Waals surface area contributed by atoms with Crippen molar-refractivity contribution < 1.29 is 4.42 Å². The summed E-state index contributed by atoms with van der Waals surface area (Å²) < 4.78 is 5.76. The Kier molecular flexibility index (Phi) is 1.81. The number of furan rings is 1. The summed E-state index contributed by atoms with van der Waals surface area (Å²) in [6, 6.07) is 1.99. The van der Waals surface area contributed by atoms with E-state index in [2.05, 4.69) is 43.1 Å². The summed E-state index contributed by atoms with van der Waals surface area (Å²) in [4.78, 5) is 4.07. The predicted molar refractivity (Wildman–Crippen MR) is 65.9 cm³/mol. The van der Waals surface area contributed by atoms with Crippen molar-refractivity contribution in [2.75, 3.05) is 0 Å². The Labute approximate surface area is 94.3 Å². The molecule has 0 spiro atoms. The van der Waals surface area contributed by atoms with Crippen LogP contribution in [0, 0.1) is 5.41 Å². The van der Waals surface area contributed by atoms with Crippen LogP contribution < -0.4 is 0 Å². The molecule has 1 aliphatic rings. The van der Waals surface area contributed by atoms with Crippen molar-refractivity contribution in [1.82, 2.24) is 4.98 Å². The summed E-state index contributed by atoms with van der Waals surface area (Å²) >= 11 is 0. The number of allylic oxidation sites excluding steroid dienone is 2. The van der Waals surface area contributed by atoms with Crippen LogP contribution in [0.25, 0.3) is 23.1 Å². The minimum atomic E-state index is 0.0842. The second-order valence-electron chi connectivity index (χ2n) is 4.74. The maximum atomic E-state index is 5.76. The van der Waals surface area contributed by atoms with Gasteiger partial charge in [-0.1, -0.05) is 32.1 Å². The highest BCUT2D eigenvalue weighted by Crippen LogP contribution is 2.33. The number of fused-ring (bicyclic) bond motifs is 3. The van der Waals surface area contributed by atoms with E-state index < -0.39 is 0 Å². The van der Waals surface area contributed by atoms with E-state index >= 15 is 0 Å². The van der Waals surface area contributed by atoms with Crippen molar-refractivity contribution in [3.05, 3.63) is 41.9 Å². The second-order valence-corrected chi connectivity index (χ2v) is 4.74. The number of nitrogens with zero attached hydrogens (tertiary/aromatic N) is 1. The lowest BCUT2D eigenvalue weighted by Crippen LogP contribution is -2.00. The van der Waals surface area contributed by atoms with Gasteiger partial charge in [-0.15, -0.1) is 0 Å². The van der Waals surface area contributed by atoms with Gasteiger partial charge >= 0.3 is 0 Å². The van der Waals surface area contributed by atoms with Gasteiger partial charge in [0.25, 0.3) is 0 Å². The third-order valence-electron chi connectivity index (χ3n) is 2.90. The van der Waals surface area contributed by atoms with E-state index in [4.69, 9.17) is 4.42 Å². The van der Waals surface area contributed by atoms with Gasteiger partial charge in [-0.25, -0.2) is 0 Å². The summed E-state index contributed by atoms with van der Waals surface area (Å²) in [5.74, 6) is 0.921. The molecular weight excluding hydrogens is 198 g/mol. The average Bonchev–Trinajstić information content (AvgIpc) is 2.54. The van der Waals surface area contributed by atoms with Crippen LogP contribution in [0.15, 0.2) is 35.0 Å². The maximum Gasteiger partial charge on any atom is 0.153 e. The number of aromatic nitrogens is 1. The quantitative estimate of drug-likeness (QED) is 0.660. The fourth-order valence-electron chi connectivity index (χ4n) is 1.93. The van der Waals surface area contributed by atoms with Gasteiger partial charge in [0.2, 0.25) is 0 Å². The van der Waals surface area contributed by atoms with Crippen molar-refractivity contribution in [2.45, 2.75) is 13.8 Å². The van der Waals surface area contributed by atoms with Crippen molar-refractivity contribution >= 4 is 23.1 Å². The van der Waals surface area contributed by atoms with Crippen LogP contribution in [0.1, 0.15) is 25.2 Å². The number of hydrogen-bond acceptors (Lipinski definition) is 2. The lowest BCUT2D eigenvalue weighted by Gasteiger charge is -2.12. The maximum absolute atomic E-state index is 5.76. The lowest BCUT2D eigenvalue weighted by atomic mass is 9.93. The topological polar surface area (TPSA) is 26.0 Å². The van der Waals surface area contributed by atoms with Gasteiger partial charge in [-0.05, 0) is 12.1 Å². The summed E-state index contributed by atoms with van der Waals surface area (Å²) in [5.41, 5.74) is 2.08. The van der Waals surface area contributed by atoms with E-state index in [1.807, 2.05) is 6.07 Å². The van der Waals surface area contributed by atoms with Gasteiger partial charge in [0, 0.05) is 22.6 Å². The fraction of sp³-hybridized carbons (Fsp3) is 0.214. The Morgan fingerprint density at radius 3 is 2.88 bits per heavy atom. The molecule has 0 fully saturated rings. The summed E-state index contributed by atoms with van der Waals surface area (Å²) in [6.45, 7) is 4.35. The monoisotopic (exact) mass is 211 g/mol. The van der Waals surface area contributed by atoms with Crippen LogP contribution >= 0.6 is 0 Å². The van der Waals surface area contributed by atoms with E-state index in [0.717, 1.165) is 22.3 Å².